The largest absolute Gasteiger partial charge is 0.330 e. The normalized spacial score (nSPS) is 10.2. The van der Waals surface area contributed by atoms with Crippen molar-refractivity contribution >= 4 is 23.5 Å². The minimum atomic E-state index is -0.326. The van der Waals surface area contributed by atoms with Gasteiger partial charge in [-0.3, -0.25) is 0 Å². The molecule has 0 heterocycles. The molecule has 0 spiro atoms. The second-order valence-corrected chi connectivity index (χ2v) is 10.5. The predicted molar refractivity (Wildman–Crippen MR) is 152 cm³/mol. The summed E-state index contributed by atoms with van der Waals surface area (Å²) in [5.41, 5.74) is 13.6. The number of nitrogens with two attached hydrogens (primary N) is 2. The highest BCUT2D eigenvalue weighted by molar-refractivity contribution is 8.16. The maximum atomic E-state index is 14.6. The molecule has 38 heavy (non-hydrogen) atoms. The molecule has 4 rings (SSSR count). The maximum absolute atomic E-state index is 14.6. The highest BCUT2D eigenvalue weighted by atomic mass is 32.2. The second kappa shape index (κ2) is 14.9. The summed E-state index contributed by atoms with van der Waals surface area (Å²) in [4.78, 5) is 1.57. The summed E-state index contributed by atoms with van der Waals surface area (Å²) in [6.07, 6.45) is 0.944. The van der Waals surface area contributed by atoms with E-state index in [1.165, 1.54) is 35.7 Å². The van der Waals surface area contributed by atoms with Gasteiger partial charge in [-0.05, 0) is 79.2 Å². The molecule has 0 amide bonds. The standard InChI is InChI=1S/C27H16F2N2S2.C3H10N2/c28-26-13-22(9-11-24(26)20-5-1-18(15-30)2-6-20)32-17-33-23-10-12-25(27(29)14-23)21-7-3-19(16-31)4-8-21;4-2-1-3-5/h1-14H,17H2;1-5H2. The number of hydrogen-bond donors (Lipinski definition) is 2. The van der Waals surface area contributed by atoms with Gasteiger partial charge in [-0.2, -0.15) is 10.5 Å². The van der Waals surface area contributed by atoms with Gasteiger partial charge in [-0.15, -0.1) is 23.5 Å². The van der Waals surface area contributed by atoms with Crippen molar-refractivity contribution in [2.45, 2.75) is 16.2 Å². The minimum Gasteiger partial charge on any atom is -0.330 e. The van der Waals surface area contributed by atoms with Crippen molar-refractivity contribution in [3.8, 4) is 34.4 Å². The molecule has 0 fully saturated rings. The van der Waals surface area contributed by atoms with Crippen molar-refractivity contribution in [3.63, 3.8) is 0 Å². The first kappa shape index (κ1) is 28.9. The molecule has 4 aromatic rings. The lowest BCUT2D eigenvalue weighted by Gasteiger charge is -2.08. The van der Waals surface area contributed by atoms with Crippen LogP contribution in [0.4, 0.5) is 8.78 Å². The first-order chi connectivity index (χ1) is 18.5. The van der Waals surface area contributed by atoms with E-state index in [4.69, 9.17) is 22.0 Å². The average Bonchev–Trinajstić information content (AvgIpc) is 2.94. The summed E-state index contributed by atoms with van der Waals surface area (Å²) in [6, 6.07) is 27.9. The Balaban J connectivity index is 0.000000732. The first-order valence-corrected chi connectivity index (χ1v) is 13.7. The molecule has 0 bridgehead atoms. The lowest BCUT2D eigenvalue weighted by Crippen LogP contribution is -2.06. The van der Waals surface area contributed by atoms with Crippen LogP contribution in [0.3, 0.4) is 0 Å². The van der Waals surface area contributed by atoms with Crippen molar-refractivity contribution in [1.29, 1.82) is 10.5 Å². The predicted octanol–water partition coefficient (Wildman–Crippen LogP) is 7.18. The number of nitriles is 2. The smallest absolute Gasteiger partial charge is 0.132 e. The maximum Gasteiger partial charge on any atom is 0.132 e. The van der Waals surface area contributed by atoms with E-state index in [9.17, 15) is 8.78 Å². The van der Waals surface area contributed by atoms with E-state index < -0.39 is 0 Å². The topological polar surface area (TPSA) is 99.6 Å². The average molecular weight is 545 g/mol. The summed E-state index contributed by atoms with van der Waals surface area (Å²) in [6.45, 7) is 1.44. The molecule has 0 radical (unpaired) electrons. The first-order valence-electron chi connectivity index (χ1n) is 11.7. The number of halogens is 2. The number of thioether (sulfide) groups is 2. The molecule has 4 aromatic carbocycles. The van der Waals surface area contributed by atoms with Crippen LogP contribution < -0.4 is 11.5 Å². The van der Waals surface area contributed by atoms with Crippen LogP contribution in [-0.4, -0.2) is 18.2 Å². The zero-order valence-electron chi connectivity index (χ0n) is 20.5. The third-order valence-corrected chi connectivity index (χ3v) is 7.51. The molecule has 8 heteroatoms. The van der Waals surface area contributed by atoms with Gasteiger partial charge in [0.15, 0.2) is 0 Å². The lowest BCUT2D eigenvalue weighted by atomic mass is 10.0. The van der Waals surface area contributed by atoms with Gasteiger partial charge in [0.2, 0.25) is 0 Å². The van der Waals surface area contributed by atoms with Crippen LogP contribution in [0.15, 0.2) is 94.7 Å². The summed E-state index contributed by atoms with van der Waals surface area (Å²) in [7, 11) is 0. The SMILES string of the molecule is N#Cc1ccc(-c2ccc(SCSc3ccc(-c4ccc(C#N)cc4)c(F)c3)cc2F)cc1.NCCCN. The summed E-state index contributed by atoms with van der Waals surface area (Å²) >= 11 is 2.95. The Bertz CT molecular complexity index is 1320. The number of nitrogens with zero attached hydrogens (tertiary/aromatic N) is 2. The molecule has 0 saturated heterocycles. The fourth-order valence-corrected chi connectivity index (χ4v) is 5.40. The molecule has 0 atom stereocenters. The Kier molecular flexibility index (Phi) is 11.4. The van der Waals surface area contributed by atoms with E-state index in [2.05, 4.69) is 12.1 Å². The van der Waals surface area contributed by atoms with E-state index in [0.29, 0.717) is 27.3 Å². The van der Waals surface area contributed by atoms with E-state index in [1.807, 2.05) is 12.1 Å². The van der Waals surface area contributed by atoms with Crippen molar-refractivity contribution in [3.05, 3.63) is 108 Å². The van der Waals surface area contributed by atoms with Gasteiger partial charge in [0, 0.05) is 26.0 Å². The fourth-order valence-electron chi connectivity index (χ4n) is 3.37. The number of benzene rings is 4. The van der Waals surface area contributed by atoms with Gasteiger partial charge >= 0.3 is 0 Å². The molecule has 0 aliphatic heterocycles. The van der Waals surface area contributed by atoms with Crippen LogP contribution in [0.2, 0.25) is 0 Å². The zero-order valence-corrected chi connectivity index (χ0v) is 22.2. The second-order valence-electron chi connectivity index (χ2n) is 8.00. The molecule has 0 saturated carbocycles. The summed E-state index contributed by atoms with van der Waals surface area (Å²) < 4.78 is 29.2. The molecular weight excluding hydrogens is 518 g/mol. The highest BCUT2D eigenvalue weighted by Crippen LogP contribution is 2.33. The molecule has 192 valence electrons. The Labute approximate surface area is 230 Å². The Hall–Kier alpha value is -3.66. The quantitative estimate of drug-likeness (QED) is 0.180. The molecule has 4 nitrogen and oxygen atoms in total. The molecule has 0 aliphatic carbocycles. The van der Waals surface area contributed by atoms with Crippen LogP contribution in [0.5, 0.6) is 0 Å². The third kappa shape index (κ3) is 8.17. The van der Waals surface area contributed by atoms with Gasteiger partial charge < -0.3 is 11.5 Å². The van der Waals surface area contributed by atoms with Crippen LogP contribution in [0.25, 0.3) is 22.3 Å². The van der Waals surface area contributed by atoms with E-state index in [0.717, 1.165) is 40.4 Å². The molecule has 4 N–H and O–H groups in total. The van der Waals surface area contributed by atoms with Crippen molar-refractivity contribution in [2.75, 3.05) is 18.2 Å². The van der Waals surface area contributed by atoms with Gasteiger partial charge in [-0.25, -0.2) is 8.78 Å². The van der Waals surface area contributed by atoms with Crippen LogP contribution >= 0.6 is 23.5 Å². The minimum absolute atomic E-state index is 0.326. The number of rotatable bonds is 8. The Morgan fingerprint density at radius 3 is 1.29 bits per heavy atom. The zero-order chi connectivity index (χ0) is 27.3. The molecule has 0 unspecified atom stereocenters. The van der Waals surface area contributed by atoms with Crippen LogP contribution in [0.1, 0.15) is 17.5 Å². The Morgan fingerprint density at radius 2 is 1.00 bits per heavy atom. The van der Waals surface area contributed by atoms with Crippen molar-refractivity contribution in [2.24, 2.45) is 11.5 Å². The Morgan fingerprint density at radius 1 is 0.605 bits per heavy atom. The van der Waals surface area contributed by atoms with Gasteiger partial charge in [0.05, 0.1) is 23.3 Å². The van der Waals surface area contributed by atoms with E-state index in [-0.39, 0.29) is 11.6 Å². The number of hydrogen-bond acceptors (Lipinski definition) is 6. The third-order valence-electron chi connectivity index (χ3n) is 5.39. The fraction of sp³-hybridized carbons (Fsp3) is 0.133. The summed E-state index contributed by atoms with van der Waals surface area (Å²) in [5.74, 6) is -0.653. The van der Waals surface area contributed by atoms with Gasteiger partial charge in [-0.1, -0.05) is 36.4 Å². The van der Waals surface area contributed by atoms with E-state index in [1.54, 1.807) is 60.7 Å². The summed E-state index contributed by atoms with van der Waals surface area (Å²) in [5, 5.41) is 18.4. The van der Waals surface area contributed by atoms with Gasteiger partial charge in [0.25, 0.3) is 0 Å². The van der Waals surface area contributed by atoms with Gasteiger partial charge in [0.1, 0.15) is 11.6 Å². The monoisotopic (exact) mass is 544 g/mol. The highest BCUT2D eigenvalue weighted by Gasteiger charge is 2.09. The molecule has 0 aliphatic rings. The van der Waals surface area contributed by atoms with Crippen molar-refractivity contribution in [1.82, 2.24) is 0 Å². The van der Waals surface area contributed by atoms with Crippen LogP contribution in [0, 0.1) is 34.3 Å². The van der Waals surface area contributed by atoms with Crippen LogP contribution in [-0.2, 0) is 0 Å². The lowest BCUT2D eigenvalue weighted by molar-refractivity contribution is 0.627. The molecule has 0 aromatic heterocycles. The van der Waals surface area contributed by atoms with E-state index >= 15 is 0 Å². The molecular formula is C30H26F2N4S2. The van der Waals surface area contributed by atoms with Crippen molar-refractivity contribution < 1.29 is 8.78 Å².